The molecule has 0 unspecified atom stereocenters. The molecule has 1 aromatic carbocycles. The third-order valence-corrected chi connectivity index (χ3v) is 4.79. The normalized spacial score (nSPS) is 11.9. The number of aryl methyl sites for hydroxylation is 1. The summed E-state index contributed by atoms with van der Waals surface area (Å²) in [6, 6.07) is 8.08. The number of hydrogen-bond acceptors (Lipinski definition) is 3. The largest absolute Gasteiger partial charge is 0.355 e. The Hall–Kier alpha value is -2.21. The molecule has 3 aromatic rings. The average Bonchev–Trinajstić information content (AvgIpc) is 3.11. The van der Waals surface area contributed by atoms with Crippen molar-refractivity contribution >= 4 is 28.9 Å². The summed E-state index contributed by atoms with van der Waals surface area (Å²) in [4.78, 5) is 17.5. The molecule has 1 amide bonds. The Kier molecular flexibility index (Phi) is 4.17. The maximum absolute atomic E-state index is 11.6. The molecule has 0 bridgehead atoms. The van der Waals surface area contributed by atoms with Gasteiger partial charge in [-0.15, -0.1) is 0 Å². The lowest BCUT2D eigenvalue weighted by Crippen LogP contribution is -2.17. The number of amides is 1. The van der Waals surface area contributed by atoms with Crippen molar-refractivity contribution in [2.24, 2.45) is 7.05 Å². The van der Waals surface area contributed by atoms with Gasteiger partial charge in [0, 0.05) is 36.8 Å². The van der Waals surface area contributed by atoms with Gasteiger partial charge in [-0.05, 0) is 36.2 Å². The fraction of sp³-hybridized carbons (Fsp3) is 0.333. The summed E-state index contributed by atoms with van der Waals surface area (Å²) in [6.45, 7) is 6.51. The number of aromatic nitrogens is 3. The van der Waals surface area contributed by atoms with Gasteiger partial charge in [-0.25, -0.2) is 4.98 Å². The second kappa shape index (κ2) is 6.02. The summed E-state index contributed by atoms with van der Waals surface area (Å²) in [5.74, 6) is 0.992. The standard InChI is InChI=1S/C18H22N4OS/c1-18(2,3)17-20-14-10-13(6-7-15(14)21(17)5)24-22-9-8-12(11-22)16(23)19-4/h6-11H,1-5H3,(H,19,23). The van der Waals surface area contributed by atoms with Gasteiger partial charge >= 0.3 is 0 Å². The second-order valence-corrected chi connectivity index (χ2v) is 7.90. The van der Waals surface area contributed by atoms with Crippen molar-refractivity contribution in [2.75, 3.05) is 7.05 Å². The molecule has 6 heteroatoms. The van der Waals surface area contributed by atoms with Gasteiger partial charge in [-0.2, -0.15) is 0 Å². The van der Waals surface area contributed by atoms with Crippen LogP contribution >= 0.6 is 11.9 Å². The Balaban J connectivity index is 1.91. The van der Waals surface area contributed by atoms with Crippen LogP contribution in [0.2, 0.25) is 0 Å². The van der Waals surface area contributed by atoms with Crippen LogP contribution in [0.15, 0.2) is 41.6 Å². The zero-order valence-corrected chi connectivity index (χ0v) is 15.4. The van der Waals surface area contributed by atoms with Crippen LogP contribution in [0.3, 0.4) is 0 Å². The van der Waals surface area contributed by atoms with E-state index in [-0.39, 0.29) is 11.3 Å². The highest BCUT2D eigenvalue weighted by atomic mass is 32.2. The number of nitrogens with zero attached hydrogens (tertiary/aromatic N) is 3. The van der Waals surface area contributed by atoms with E-state index in [2.05, 4.69) is 55.9 Å². The zero-order valence-electron chi connectivity index (χ0n) is 14.6. The number of fused-ring (bicyclic) bond motifs is 1. The van der Waals surface area contributed by atoms with Gasteiger partial charge < -0.3 is 9.88 Å². The third-order valence-electron chi connectivity index (χ3n) is 3.89. The molecule has 2 aromatic heterocycles. The average molecular weight is 342 g/mol. The van der Waals surface area contributed by atoms with Crippen molar-refractivity contribution in [1.29, 1.82) is 0 Å². The van der Waals surface area contributed by atoms with Crippen molar-refractivity contribution in [2.45, 2.75) is 31.1 Å². The second-order valence-electron chi connectivity index (χ2n) is 6.83. The Bertz CT molecular complexity index is 902. The smallest absolute Gasteiger partial charge is 0.252 e. The summed E-state index contributed by atoms with van der Waals surface area (Å²) in [6.07, 6.45) is 3.71. The first-order valence-corrected chi connectivity index (χ1v) is 8.62. The van der Waals surface area contributed by atoms with E-state index in [9.17, 15) is 4.79 Å². The third kappa shape index (κ3) is 3.06. The van der Waals surface area contributed by atoms with Crippen LogP contribution in [0.4, 0.5) is 0 Å². The van der Waals surface area contributed by atoms with E-state index in [4.69, 9.17) is 4.98 Å². The van der Waals surface area contributed by atoms with Gasteiger partial charge in [-0.1, -0.05) is 20.8 Å². The number of carbonyl (C=O) groups excluding carboxylic acids is 1. The molecule has 0 spiro atoms. The molecule has 126 valence electrons. The summed E-state index contributed by atoms with van der Waals surface area (Å²) >= 11 is 1.56. The number of rotatable bonds is 3. The Morgan fingerprint density at radius 2 is 2.00 bits per heavy atom. The molecule has 24 heavy (non-hydrogen) atoms. The van der Waals surface area contributed by atoms with Crippen molar-refractivity contribution in [1.82, 2.24) is 18.8 Å². The highest BCUT2D eigenvalue weighted by Crippen LogP contribution is 2.29. The molecule has 0 aliphatic carbocycles. The molecular formula is C18H22N4OS. The van der Waals surface area contributed by atoms with Crippen LogP contribution < -0.4 is 5.32 Å². The quantitative estimate of drug-likeness (QED) is 0.791. The first-order valence-electron chi connectivity index (χ1n) is 7.85. The summed E-state index contributed by atoms with van der Waals surface area (Å²) < 4.78 is 4.09. The van der Waals surface area contributed by atoms with Gasteiger partial charge in [0.25, 0.3) is 5.91 Å². The van der Waals surface area contributed by atoms with E-state index < -0.39 is 0 Å². The zero-order chi connectivity index (χ0) is 17.5. The highest BCUT2D eigenvalue weighted by Gasteiger charge is 2.21. The highest BCUT2D eigenvalue weighted by molar-refractivity contribution is 7.97. The number of imidazole rings is 1. The van der Waals surface area contributed by atoms with Crippen LogP contribution in [-0.2, 0) is 12.5 Å². The molecule has 0 aliphatic rings. The predicted molar refractivity (Wildman–Crippen MR) is 98.5 cm³/mol. The van der Waals surface area contributed by atoms with Gasteiger partial charge in [0.15, 0.2) is 0 Å². The summed E-state index contributed by atoms with van der Waals surface area (Å²) in [7, 11) is 3.69. The van der Waals surface area contributed by atoms with Gasteiger partial charge in [0.05, 0.1) is 16.6 Å². The molecule has 2 heterocycles. The maximum atomic E-state index is 11.6. The first kappa shape index (κ1) is 16.6. The molecule has 1 N–H and O–H groups in total. The molecule has 0 atom stereocenters. The van der Waals surface area contributed by atoms with Crippen LogP contribution in [-0.4, -0.2) is 26.5 Å². The van der Waals surface area contributed by atoms with E-state index in [1.165, 1.54) is 0 Å². The lowest BCUT2D eigenvalue weighted by atomic mass is 9.96. The molecule has 0 aliphatic heterocycles. The van der Waals surface area contributed by atoms with Gasteiger partial charge in [0.2, 0.25) is 0 Å². The Morgan fingerprint density at radius 1 is 1.25 bits per heavy atom. The number of benzene rings is 1. The molecule has 3 rings (SSSR count). The monoisotopic (exact) mass is 342 g/mol. The van der Waals surface area contributed by atoms with E-state index in [1.807, 2.05) is 22.4 Å². The molecule has 5 nitrogen and oxygen atoms in total. The fourth-order valence-corrected chi connectivity index (χ4v) is 3.57. The lowest BCUT2D eigenvalue weighted by molar-refractivity contribution is 0.0963. The molecule has 0 saturated heterocycles. The van der Waals surface area contributed by atoms with Gasteiger partial charge in [-0.3, -0.25) is 8.77 Å². The minimum absolute atomic E-state index is 0.00389. The maximum Gasteiger partial charge on any atom is 0.252 e. The number of hydrogen-bond donors (Lipinski definition) is 1. The van der Waals surface area contributed by atoms with Crippen LogP contribution in [0, 0.1) is 0 Å². The van der Waals surface area contributed by atoms with Gasteiger partial charge in [0.1, 0.15) is 5.82 Å². The van der Waals surface area contributed by atoms with Crippen molar-refractivity contribution in [3.63, 3.8) is 0 Å². The molecule has 0 fully saturated rings. The fourth-order valence-electron chi connectivity index (χ4n) is 2.74. The minimum Gasteiger partial charge on any atom is -0.355 e. The SMILES string of the molecule is CNC(=O)c1ccn(Sc2ccc3c(c2)nc(C(C)(C)C)n3C)c1. The first-order chi connectivity index (χ1) is 11.3. The number of nitrogens with one attached hydrogen (secondary N) is 1. The van der Waals surface area contributed by atoms with E-state index in [0.717, 1.165) is 21.8 Å². The van der Waals surface area contributed by atoms with Crippen LogP contribution in [0.5, 0.6) is 0 Å². The van der Waals surface area contributed by atoms with E-state index >= 15 is 0 Å². The summed E-state index contributed by atoms with van der Waals surface area (Å²) in [5, 5.41) is 2.63. The molecule has 0 radical (unpaired) electrons. The summed E-state index contributed by atoms with van der Waals surface area (Å²) in [5.41, 5.74) is 2.78. The minimum atomic E-state index is -0.0793. The van der Waals surface area contributed by atoms with E-state index in [1.54, 1.807) is 19.0 Å². The Morgan fingerprint density at radius 3 is 2.67 bits per heavy atom. The van der Waals surface area contributed by atoms with Crippen molar-refractivity contribution in [3.8, 4) is 0 Å². The van der Waals surface area contributed by atoms with Crippen LogP contribution in [0.1, 0.15) is 37.0 Å². The molecular weight excluding hydrogens is 320 g/mol. The molecule has 0 saturated carbocycles. The lowest BCUT2D eigenvalue weighted by Gasteiger charge is -2.17. The predicted octanol–water partition coefficient (Wildman–Crippen LogP) is 3.59. The topological polar surface area (TPSA) is 51.9 Å². The Labute approximate surface area is 146 Å². The van der Waals surface area contributed by atoms with Crippen LogP contribution in [0.25, 0.3) is 11.0 Å². The number of carbonyl (C=O) groups is 1. The van der Waals surface area contributed by atoms with E-state index in [0.29, 0.717) is 5.56 Å². The van der Waals surface area contributed by atoms with Crippen molar-refractivity contribution in [3.05, 3.63) is 48.0 Å². The van der Waals surface area contributed by atoms with Crippen molar-refractivity contribution < 1.29 is 4.79 Å².